The highest BCUT2D eigenvalue weighted by Gasteiger charge is 2.20. The monoisotopic (exact) mass is 564 g/mol. The van der Waals surface area contributed by atoms with E-state index >= 15 is 0 Å². The van der Waals surface area contributed by atoms with Gasteiger partial charge in [-0.1, -0.05) is 110 Å². The molecule has 0 radical (unpaired) electrons. The molecule has 0 aromatic carbocycles. The molecular formula is C31H81NO6. The summed E-state index contributed by atoms with van der Waals surface area (Å²) in [6.45, 7) is 31.6. The summed E-state index contributed by atoms with van der Waals surface area (Å²) in [6, 6.07) is 0. The van der Waals surface area contributed by atoms with E-state index in [0.717, 1.165) is 18.8 Å². The Balaban J connectivity index is -0.0000000297. The molecule has 0 saturated carbocycles. The van der Waals surface area contributed by atoms with Crippen molar-refractivity contribution in [2.45, 2.75) is 156 Å². The van der Waals surface area contributed by atoms with Crippen LogP contribution in [0.5, 0.6) is 0 Å². The number of aliphatic hydroxyl groups excluding tert-OH is 6. The van der Waals surface area contributed by atoms with Crippen LogP contribution in [-0.4, -0.2) is 75.5 Å². The number of hydrogen-bond acceptors (Lipinski definition) is 7. The van der Waals surface area contributed by atoms with Crippen LogP contribution < -0.4 is 0 Å². The molecule has 0 spiro atoms. The first-order valence-corrected chi connectivity index (χ1v) is 14.3. The molecule has 0 heterocycles. The van der Waals surface area contributed by atoms with Crippen molar-refractivity contribution in [1.82, 2.24) is 0 Å². The van der Waals surface area contributed by atoms with Crippen LogP contribution in [0.3, 0.4) is 0 Å². The normalized spacial score (nSPS) is 8.82. The number of aliphatic hydroxyl groups is 6. The molecule has 0 aliphatic rings. The molecule has 7 heteroatoms. The Morgan fingerprint density at radius 3 is 0.816 bits per heavy atom. The molecule has 0 aliphatic heterocycles. The lowest BCUT2D eigenvalue weighted by Crippen LogP contribution is -2.29. The van der Waals surface area contributed by atoms with E-state index in [4.69, 9.17) is 36.0 Å². The predicted molar refractivity (Wildman–Crippen MR) is 176 cm³/mol. The molecule has 1 unspecified atom stereocenters. The minimum atomic E-state index is -0.708. The lowest BCUT2D eigenvalue weighted by Gasteiger charge is -2.20. The summed E-state index contributed by atoms with van der Waals surface area (Å²) in [7, 11) is 0. The van der Waals surface area contributed by atoms with Crippen LogP contribution >= 0.6 is 0 Å². The zero-order valence-electron chi connectivity index (χ0n) is 28.4. The molecule has 0 rings (SSSR count). The maximum Gasteiger partial charge on any atom is 0.0528 e. The maximum absolute atomic E-state index is 8.47. The second-order valence-electron chi connectivity index (χ2n) is 9.02. The Kier molecular flexibility index (Phi) is 133. The summed E-state index contributed by atoms with van der Waals surface area (Å²) >= 11 is 0. The fraction of sp³-hybridized carbons (Fsp3) is 0.968. The first-order chi connectivity index (χ1) is 17.1. The Labute approximate surface area is 242 Å². The molecule has 0 fully saturated rings. The van der Waals surface area contributed by atoms with Gasteiger partial charge in [-0.15, -0.1) is 0 Å². The van der Waals surface area contributed by atoms with Crippen LogP contribution in [0.2, 0.25) is 0 Å². The topological polar surface area (TPSA) is 145 Å². The zero-order chi connectivity index (χ0) is 32.3. The van der Waals surface area contributed by atoms with Gasteiger partial charge in [0.05, 0.1) is 25.9 Å². The number of unbranched alkanes of at least 4 members (excludes halogenated alkanes) is 1. The Morgan fingerprint density at radius 1 is 0.684 bits per heavy atom. The van der Waals surface area contributed by atoms with Crippen LogP contribution in [0.15, 0.2) is 0 Å². The first-order valence-electron chi connectivity index (χ1n) is 14.3. The third-order valence-corrected chi connectivity index (χ3v) is 2.46. The maximum atomic E-state index is 8.47. The summed E-state index contributed by atoms with van der Waals surface area (Å²) < 4.78 is 0. The SMILES string of the molecule is C.CC.CC(C)=N.CC(C)C.CC(CO)(CO)CO.CCC.CCC(C)O.CCCC.CCCO.CCO. The van der Waals surface area contributed by atoms with Crippen LogP contribution in [-0.2, 0) is 0 Å². The molecular weight excluding hydrogens is 482 g/mol. The van der Waals surface area contributed by atoms with E-state index in [2.05, 4.69) is 48.5 Å². The Hall–Kier alpha value is -0.570. The highest BCUT2D eigenvalue weighted by atomic mass is 16.3. The summed E-state index contributed by atoms with van der Waals surface area (Å²) in [6.07, 6.45) is 5.51. The van der Waals surface area contributed by atoms with E-state index in [-0.39, 0.29) is 40.0 Å². The van der Waals surface area contributed by atoms with Crippen molar-refractivity contribution in [3.8, 4) is 0 Å². The fourth-order valence-electron chi connectivity index (χ4n) is 0.150. The van der Waals surface area contributed by atoms with Crippen molar-refractivity contribution in [2.75, 3.05) is 33.0 Å². The molecule has 246 valence electrons. The molecule has 0 aromatic heterocycles. The molecule has 7 nitrogen and oxygen atoms in total. The Morgan fingerprint density at radius 2 is 0.816 bits per heavy atom. The van der Waals surface area contributed by atoms with Crippen LogP contribution in [0.1, 0.15) is 150 Å². The average Bonchev–Trinajstić information content (AvgIpc) is 2.85. The summed E-state index contributed by atoms with van der Waals surface area (Å²) in [5.41, 5.74) is -0.0417. The van der Waals surface area contributed by atoms with Gasteiger partial charge in [0.2, 0.25) is 0 Å². The van der Waals surface area contributed by atoms with Crippen molar-refractivity contribution in [2.24, 2.45) is 11.3 Å². The molecule has 0 amide bonds. The van der Waals surface area contributed by atoms with Gasteiger partial charge in [0.1, 0.15) is 0 Å². The summed E-state index contributed by atoms with van der Waals surface area (Å²) in [5.74, 6) is 0.833. The number of hydrogen-bond donors (Lipinski definition) is 7. The van der Waals surface area contributed by atoms with Crippen molar-refractivity contribution in [3.05, 3.63) is 0 Å². The van der Waals surface area contributed by atoms with Crippen LogP contribution in [0.4, 0.5) is 0 Å². The van der Waals surface area contributed by atoms with Gasteiger partial charge >= 0.3 is 0 Å². The second-order valence-corrected chi connectivity index (χ2v) is 9.02. The number of nitrogens with one attached hydrogen (secondary N) is 1. The van der Waals surface area contributed by atoms with E-state index < -0.39 is 5.41 Å². The smallest absolute Gasteiger partial charge is 0.0528 e. The first kappa shape index (κ1) is 66.0. The van der Waals surface area contributed by atoms with E-state index in [1.807, 2.05) is 27.7 Å². The van der Waals surface area contributed by atoms with Crippen molar-refractivity contribution in [1.29, 1.82) is 5.41 Å². The van der Waals surface area contributed by atoms with E-state index in [1.54, 1.807) is 34.6 Å². The van der Waals surface area contributed by atoms with Gasteiger partial charge in [-0.3, -0.25) is 0 Å². The third-order valence-electron chi connectivity index (χ3n) is 2.46. The van der Waals surface area contributed by atoms with Gasteiger partial charge in [0.25, 0.3) is 0 Å². The highest BCUT2D eigenvalue weighted by molar-refractivity contribution is 5.75. The van der Waals surface area contributed by atoms with Crippen molar-refractivity contribution in [3.63, 3.8) is 0 Å². The largest absolute Gasteiger partial charge is 0.397 e. The predicted octanol–water partition coefficient (Wildman–Crippen LogP) is 7.73. The average molecular weight is 564 g/mol. The van der Waals surface area contributed by atoms with Gasteiger partial charge in [0, 0.05) is 24.3 Å². The standard InChI is InChI=1S/C5H12O3.C4H10O.2C4H10.C3H7N.C3H8O.C3H8.C2H6O.C2H6.CH4/c1-5(2-6,3-7)4-8;1-3-4(2)5;1-4(2)3;1-3-4-2;1-3(2)4;1-2-3-4;1-3-2;1-2-3;1-2;/h6-8H,2-4H2,1H3;4-5H,3H2,1-2H3;4H,1-3H3;3-4H2,1-2H3;4H,1-2H3;4H,2-3H2,1H3;3H2,1-2H3;3H,2H2,1H3;1-2H3;1H4. The van der Waals surface area contributed by atoms with Gasteiger partial charge in [-0.25, -0.2) is 0 Å². The molecule has 38 heavy (non-hydrogen) atoms. The van der Waals surface area contributed by atoms with Crippen molar-refractivity contribution < 1.29 is 30.6 Å². The number of rotatable bonds is 6. The van der Waals surface area contributed by atoms with Gasteiger partial charge in [0.15, 0.2) is 0 Å². The Bertz CT molecular complexity index is 261. The van der Waals surface area contributed by atoms with Gasteiger partial charge in [-0.2, -0.15) is 0 Å². The second kappa shape index (κ2) is 76.6. The van der Waals surface area contributed by atoms with Crippen molar-refractivity contribution >= 4 is 5.71 Å². The summed E-state index contributed by atoms with van der Waals surface area (Å²) in [4.78, 5) is 0. The third kappa shape index (κ3) is 272. The highest BCUT2D eigenvalue weighted by Crippen LogP contribution is 2.10. The van der Waals surface area contributed by atoms with Gasteiger partial charge in [-0.05, 0) is 46.5 Å². The quantitative estimate of drug-likeness (QED) is 0.165. The molecule has 0 bridgehead atoms. The van der Waals surface area contributed by atoms with Crippen LogP contribution in [0.25, 0.3) is 0 Å². The van der Waals surface area contributed by atoms with E-state index in [1.165, 1.54) is 19.3 Å². The summed E-state index contributed by atoms with van der Waals surface area (Å²) in [5, 5.41) is 55.7. The molecule has 1 atom stereocenters. The minimum absolute atomic E-state index is 0. The molecule has 0 saturated heterocycles. The van der Waals surface area contributed by atoms with E-state index in [0.29, 0.717) is 12.3 Å². The lowest BCUT2D eigenvalue weighted by atomic mass is 9.95. The fourth-order valence-corrected chi connectivity index (χ4v) is 0.150. The van der Waals surface area contributed by atoms with E-state index in [9.17, 15) is 0 Å². The molecule has 0 aliphatic carbocycles. The molecule has 0 aromatic rings. The van der Waals surface area contributed by atoms with Crippen LogP contribution in [0, 0.1) is 16.7 Å². The lowest BCUT2D eigenvalue weighted by molar-refractivity contribution is 0.0200. The zero-order valence-corrected chi connectivity index (χ0v) is 28.4. The van der Waals surface area contributed by atoms with Gasteiger partial charge < -0.3 is 36.0 Å². The molecule has 7 N–H and O–H groups in total. The minimum Gasteiger partial charge on any atom is -0.397 e.